The monoisotopic (exact) mass is 168 g/mol. The van der Waals surface area contributed by atoms with Crippen molar-refractivity contribution < 1.29 is 4.74 Å². The van der Waals surface area contributed by atoms with Crippen molar-refractivity contribution in [1.82, 2.24) is 0 Å². The van der Waals surface area contributed by atoms with Crippen molar-refractivity contribution in [2.45, 2.75) is 47.1 Å². The smallest absolute Gasteiger partial charge is 0.118 e. The summed E-state index contributed by atoms with van der Waals surface area (Å²) in [5.41, 5.74) is 1.34. The third-order valence-corrected chi connectivity index (χ3v) is 1.76. The van der Waals surface area contributed by atoms with Crippen LogP contribution in [0.15, 0.2) is 23.5 Å². The standard InChI is InChI=1S/C9H14O.C2H6/c1-4-8-6-7(3)10-9(8)5-2;1-2/h4-5,7H,6H2,1-3H3;1-2H3/b8-4-,9-5+;. The van der Waals surface area contributed by atoms with Gasteiger partial charge in [0.25, 0.3) is 0 Å². The van der Waals surface area contributed by atoms with Gasteiger partial charge in [0.15, 0.2) is 0 Å². The molecule has 0 amide bonds. The number of ether oxygens (including phenoxy) is 1. The molecule has 1 saturated heterocycles. The molecule has 12 heavy (non-hydrogen) atoms. The molecule has 1 fully saturated rings. The predicted molar refractivity (Wildman–Crippen MR) is 54.0 cm³/mol. The van der Waals surface area contributed by atoms with Crippen LogP contribution in [0.4, 0.5) is 0 Å². The SMILES string of the molecule is C/C=C1/CC(C)O/C1=C/C.CC. The fraction of sp³-hybridized carbons (Fsp3) is 0.636. The third-order valence-electron chi connectivity index (χ3n) is 1.76. The van der Waals surface area contributed by atoms with Crippen molar-refractivity contribution in [2.24, 2.45) is 0 Å². The summed E-state index contributed by atoms with van der Waals surface area (Å²) in [7, 11) is 0. The van der Waals surface area contributed by atoms with Gasteiger partial charge < -0.3 is 4.74 Å². The lowest BCUT2D eigenvalue weighted by Gasteiger charge is -2.00. The highest BCUT2D eigenvalue weighted by Gasteiger charge is 2.19. The van der Waals surface area contributed by atoms with E-state index in [1.807, 2.05) is 26.8 Å². The average molecular weight is 168 g/mol. The van der Waals surface area contributed by atoms with Crippen molar-refractivity contribution in [3.63, 3.8) is 0 Å². The summed E-state index contributed by atoms with van der Waals surface area (Å²) in [6.07, 6.45) is 5.59. The van der Waals surface area contributed by atoms with Crippen LogP contribution < -0.4 is 0 Å². The fourth-order valence-corrected chi connectivity index (χ4v) is 1.26. The first-order valence-corrected chi connectivity index (χ1v) is 4.76. The Morgan fingerprint density at radius 3 is 2.17 bits per heavy atom. The van der Waals surface area contributed by atoms with E-state index in [9.17, 15) is 0 Å². The van der Waals surface area contributed by atoms with Crippen LogP contribution in [0, 0.1) is 0 Å². The first-order chi connectivity index (χ1) is 5.77. The Balaban J connectivity index is 0.000000561. The van der Waals surface area contributed by atoms with E-state index >= 15 is 0 Å². The lowest BCUT2D eigenvalue weighted by atomic mass is 10.1. The molecule has 1 heteroatoms. The normalized spacial score (nSPS) is 28.2. The number of hydrogen-bond acceptors (Lipinski definition) is 1. The molecule has 0 aromatic rings. The highest BCUT2D eigenvalue weighted by molar-refractivity contribution is 5.29. The van der Waals surface area contributed by atoms with Crippen molar-refractivity contribution in [3.8, 4) is 0 Å². The summed E-state index contributed by atoms with van der Waals surface area (Å²) in [5, 5.41) is 0. The van der Waals surface area contributed by atoms with E-state index in [2.05, 4.69) is 19.9 Å². The molecule has 0 spiro atoms. The van der Waals surface area contributed by atoms with Crippen LogP contribution in [-0.4, -0.2) is 6.10 Å². The molecule has 0 bridgehead atoms. The van der Waals surface area contributed by atoms with Gasteiger partial charge in [0.1, 0.15) is 11.9 Å². The Kier molecular flexibility index (Phi) is 5.52. The molecule has 0 aromatic heterocycles. The second-order valence-electron chi connectivity index (χ2n) is 2.60. The van der Waals surface area contributed by atoms with Crippen LogP contribution in [0.2, 0.25) is 0 Å². The Labute approximate surface area is 76.1 Å². The van der Waals surface area contributed by atoms with Crippen LogP contribution in [0.1, 0.15) is 41.0 Å². The number of allylic oxidation sites excluding steroid dienone is 3. The lowest BCUT2D eigenvalue weighted by molar-refractivity contribution is 0.178. The van der Waals surface area contributed by atoms with Gasteiger partial charge in [0.05, 0.1) is 0 Å². The molecule has 0 aromatic carbocycles. The van der Waals surface area contributed by atoms with Crippen LogP contribution in [-0.2, 0) is 4.74 Å². The average Bonchev–Trinajstić information content (AvgIpc) is 2.49. The maximum atomic E-state index is 5.51. The van der Waals surface area contributed by atoms with Crippen LogP contribution in [0.5, 0.6) is 0 Å². The van der Waals surface area contributed by atoms with Gasteiger partial charge in [0, 0.05) is 6.42 Å². The molecule has 1 nitrogen and oxygen atoms in total. The predicted octanol–water partition coefficient (Wildman–Crippen LogP) is 3.67. The maximum absolute atomic E-state index is 5.51. The van der Waals surface area contributed by atoms with E-state index < -0.39 is 0 Å². The van der Waals surface area contributed by atoms with Gasteiger partial charge in [0.2, 0.25) is 0 Å². The highest BCUT2D eigenvalue weighted by Crippen LogP contribution is 2.28. The second kappa shape index (κ2) is 5.87. The number of rotatable bonds is 0. The van der Waals surface area contributed by atoms with Crippen LogP contribution in [0.25, 0.3) is 0 Å². The molecule has 0 saturated carbocycles. The minimum Gasteiger partial charge on any atom is -0.490 e. The molecule has 1 heterocycles. The molecular weight excluding hydrogens is 148 g/mol. The Morgan fingerprint density at radius 1 is 1.25 bits per heavy atom. The zero-order valence-corrected chi connectivity index (χ0v) is 8.85. The van der Waals surface area contributed by atoms with Crippen LogP contribution >= 0.6 is 0 Å². The minimum atomic E-state index is 0.373. The van der Waals surface area contributed by atoms with E-state index in [0.717, 1.165) is 12.2 Å². The summed E-state index contributed by atoms with van der Waals surface area (Å²) in [4.78, 5) is 0. The molecule has 1 rings (SSSR count). The molecule has 0 N–H and O–H groups in total. The van der Waals surface area contributed by atoms with Crippen molar-refractivity contribution >= 4 is 0 Å². The minimum absolute atomic E-state index is 0.373. The summed E-state index contributed by atoms with van der Waals surface area (Å²) in [6, 6.07) is 0. The molecule has 0 radical (unpaired) electrons. The Morgan fingerprint density at radius 2 is 1.83 bits per heavy atom. The zero-order chi connectivity index (χ0) is 9.56. The first-order valence-electron chi connectivity index (χ1n) is 4.76. The van der Waals surface area contributed by atoms with E-state index in [-0.39, 0.29) is 0 Å². The summed E-state index contributed by atoms with van der Waals surface area (Å²) in [5.74, 6) is 1.06. The van der Waals surface area contributed by atoms with Gasteiger partial charge in [-0.2, -0.15) is 0 Å². The van der Waals surface area contributed by atoms with Crippen molar-refractivity contribution in [1.29, 1.82) is 0 Å². The lowest BCUT2D eigenvalue weighted by Crippen LogP contribution is -1.94. The fourth-order valence-electron chi connectivity index (χ4n) is 1.26. The topological polar surface area (TPSA) is 9.23 Å². The Hall–Kier alpha value is -0.720. The van der Waals surface area contributed by atoms with Gasteiger partial charge in [-0.1, -0.05) is 19.9 Å². The molecule has 1 aliphatic heterocycles. The van der Waals surface area contributed by atoms with Gasteiger partial charge in [-0.3, -0.25) is 0 Å². The zero-order valence-electron chi connectivity index (χ0n) is 8.85. The second-order valence-corrected chi connectivity index (χ2v) is 2.60. The molecule has 1 unspecified atom stereocenters. The van der Waals surface area contributed by atoms with E-state index in [1.165, 1.54) is 5.57 Å². The summed E-state index contributed by atoms with van der Waals surface area (Å²) < 4.78 is 5.51. The summed E-state index contributed by atoms with van der Waals surface area (Å²) >= 11 is 0. The molecular formula is C11H20O. The van der Waals surface area contributed by atoms with Crippen LogP contribution in [0.3, 0.4) is 0 Å². The van der Waals surface area contributed by atoms with Crippen molar-refractivity contribution in [2.75, 3.05) is 0 Å². The summed E-state index contributed by atoms with van der Waals surface area (Å²) in [6.45, 7) is 10.2. The van der Waals surface area contributed by atoms with E-state index in [4.69, 9.17) is 4.74 Å². The molecule has 70 valence electrons. The maximum Gasteiger partial charge on any atom is 0.118 e. The first kappa shape index (κ1) is 11.3. The largest absolute Gasteiger partial charge is 0.490 e. The molecule has 1 atom stereocenters. The Bertz CT molecular complexity index is 157. The number of hydrogen-bond donors (Lipinski definition) is 0. The van der Waals surface area contributed by atoms with Gasteiger partial charge >= 0.3 is 0 Å². The molecule has 1 aliphatic rings. The van der Waals surface area contributed by atoms with E-state index in [1.54, 1.807) is 0 Å². The third kappa shape index (κ3) is 2.72. The highest BCUT2D eigenvalue weighted by atomic mass is 16.5. The quantitative estimate of drug-likeness (QED) is 0.536. The van der Waals surface area contributed by atoms with Crippen molar-refractivity contribution in [3.05, 3.63) is 23.5 Å². The van der Waals surface area contributed by atoms with Gasteiger partial charge in [-0.05, 0) is 32.4 Å². The molecule has 0 aliphatic carbocycles. The van der Waals surface area contributed by atoms with Gasteiger partial charge in [-0.15, -0.1) is 0 Å². The van der Waals surface area contributed by atoms with E-state index in [0.29, 0.717) is 6.10 Å². The van der Waals surface area contributed by atoms with Gasteiger partial charge in [-0.25, -0.2) is 0 Å².